The number of ether oxygens (including phenoxy) is 2. The second kappa shape index (κ2) is 5.49. The Morgan fingerprint density at radius 3 is 2.65 bits per heavy atom. The molecule has 98 valence electrons. The Labute approximate surface area is 102 Å². The highest BCUT2D eigenvalue weighted by atomic mass is 16.6. The first-order chi connectivity index (χ1) is 7.87. The van der Waals surface area contributed by atoms with Crippen molar-refractivity contribution >= 4 is 12.4 Å². The maximum atomic E-state index is 12.0. The number of hydrogen-bond acceptors (Lipinski definition) is 4. The van der Waals surface area contributed by atoms with E-state index in [0.29, 0.717) is 6.61 Å². The molecule has 1 rings (SSSR count). The number of hydrogen-bond donors (Lipinski definition) is 0. The molecule has 0 spiro atoms. The third-order valence-corrected chi connectivity index (χ3v) is 2.57. The highest BCUT2D eigenvalue weighted by Gasteiger charge is 2.33. The van der Waals surface area contributed by atoms with Gasteiger partial charge in [-0.3, -0.25) is 4.90 Å². The number of carbonyl (C=O) groups is 2. The van der Waals surface area contributed by atoms with Crippen molar-refractivity contribution in [2.45, 2.75) is 51.9 Å². The Balaban J connectivity index is 2.69. The zero-order valence-electron chi connectivity index (χ0n) is 10.9. The summed E-state index contributed by atoms with van der Waals surface area (Å²) in [5, 5.41) is 0. The fourth-order valence-corrected chi connectivity index (χ4v) is 1.69. The van der Waals surface area contributed by atoms with Crippen molar-refractivity contribution in [1.82, 2.24) is 4.90 Å². The van der Waals surface area contributed by atoms with Gasteiger partial charge in [0.25, 0.3) is 0 Å². The third-order valence-electron chi connectivity index (χ3n) is 2.57. The number of nitrogens with zero attached hydrogens (tertiary/aromatic N) is 1. The zero-order chi connectivity index (χ0) is 13.1. The fourth-order valence-electron chi connectivity index (χ4n) is 1.69. The van der Waals surface area contributed by atoms with Crippen molar-refractivity contribution in [3.63, 3.8) is 0 Å². The summed E-state index contributed by atoms with van der Waals surface area (Å²) in [5.74, 6) is 0. The molecule has 1 heterocycles. The van der Waals surface area contributed by atoms with Gasteiger partial charge in [-0.1, -0.05) is 6.92 Å². The van der Waals surface area contributed by atoms with Crippen LogP contribution < -0.4 is 0 Å². The summed E-state index contributed by atoms with van der Waals surface area (Å²) >= 11 is 0. The van der Waals surface area contributed by atoms with Gasteiger partial charge in [-0.2, -0.15) is 0 Å². The lowest BCUT2D eigenvalue weighted by molar-refractivity contribution is -0.127. The first-order valence-corrected chi connectivity index (χ1v) is 5.94. The van der Waals surface area contributed by atoms with Crippen LogP contribution in [-0.2, 0) is 14.3 Å². The average molecular weight is 243 g/mol. The maximum Gasteiger partial charge on any atom is 0.410 e. The van der Waals surface area contributed by atoms with E-state index in [1.54, 1.807) is 4.90 Å². The van der Waals surface area contributed by atoms with E-state index in [9.17, 15) is 9.59 Å². The number of amides is 1. The van der Waals surface area contributed by atoms with Crippen molar-refractivity contribution < 1.29 is 19.1 Å². The predicted molar refractivity (Wildman–Crippen MR) is 62.8 cm³/mol. The van der Waals surface area contributed by atoms with Crippen LogP contribution in [-0.4, -0.2) is 48.2 Å². The SMILES string of the molecule is CC[C@@H]1CO[C@H](C=O)CN1C(=O)OC(C)(C)C. The number of carbonyl (C=O) groups excluding carboxylic acids is 2. The molecule has 0 N–H and O–H groups in total. The normalized spacial score (nSPS) is 25.5. The Kier molecular flexibility index (Phi) is 4.51. The van der Waals surface area contributed by atoms with Crippen molar-refractivity contribution in [3.8, 4) is 0 Å². The van der Waals surface area contributed by atoms with Crippen LogP contribution in [0.2, 0.25) is 0 Å². The molecule has 5 heteroatoms. The summed E-state index contributed by atoms with van der Waals surface area (Å²) in [7, 11) is 0. The van der Waals surface area contributed by atoms with Crippen LogP contribution in [0.4, 0.5) is 4.79 Å². The van der Waals surface area contributed by atoms with Gasteiger partial charge in [0.2, 0.25) is 0 Å². The van der Waals surface area contributed by atoms with Gasteiger partial charge in [-0.15, -0.1) is 0 Å². The molecule has 1 amide bonds. The van der Waals surface area contributed by atoms with Gasteiger partial charge >= 0.3 is 6.09 Å². The molecule has 17 heavy (non-hydrogen) atoms. The second-order valence-electron chi connectivity index (χ2n) is 5.20. The van der Waals surface area contributed by atoms with E-state index < -0.39 is 11.7 Å². The summed E-state index contributed by atoms with van der Waals surface area (Å²) < 4.78 is 10.6. The van der Waals surface area contributed by atoms with Crippen LogP contribution in [0.15, 0.2) is 0 Å². The van der Waals surface area contributed by atoms with Gasteiger partial charge in [-0.05, 0) is 27.2 Å². The van der Waals surface area contributed by atoms with Gasteiger partial charge in [-0.25, -0.2) is 4.79 Å². The average Bonchev–Trinajstić information content (AvgIpc) is 2.25. The number of rotatable bonds is 2. The Morgan fingerprint density at radius 2 is 2.18 bits per heavy atom. The molecule has 0 aliphatic carbocycles. The van der Waals surface area contributed by atoms with E-state index in [2.05, 4.69) is 0 Å². The minimum absolute atomic E-state index is 0.0129. The molecule has 0 bridgehead atoms. The van der Waals surface area contributed by atoms with Crippen molar-refractivity contribution in [2.75, 3.05) is 13.2 Å². The molecular formula is C12H21NO4. The minimum Gasteiger partial charge on any atom is -0.444 e. The topological polar surface area (TPSA) is 55.8 Å². The Morgan fingerprint density at radius 1 is 1.53 bits per heavy atom. The molecule has 1 aliphatic heterocycles. The van der Waals surface area contributed by atoms with Gasteiger partial charge in [0.1, 0.15) is 11.7 Å². The van der Waals surface area contributed by atoms with Gasteiger partial charge < -0.3 is 14.3 Å². The molecule has 0 radical (unpaired) electrons. The molecule has 0 unspecified atom stereocenters. The molecule has 1 saturated heterocycles. The zero-order valence-corrected chi connectivity index (χ0v) is 10.9. The molecule has 0 aromatic heterocycles. The number of morpholine rings is 1. The van der Waals surface area contributed by atoms with Crippen LogP contribution in [0, 0.1) is 0 Å². The first-order valence-electron chi connectivity index (χ1n) is 5.94. The lowest BCUT2D eigenvalue weighted by Gasteiger charge is -2.38. The van der Waals surface area contributed by atoms with E-state index in [1.165, 1.54) is 0 Å². The molecular weight excluding hydrogens is 222 g/mol. The van der Waals surface area contributed by atoms with Crippen molar-refractivity contribution in [1.29, 1.82) is 0 Å². The van der Waals surface area contributed by atoms with Crippen LogP contribution >= 0.6 is 0 Å². The van der Waals surface area contributed by atoms with E-state index >= 15 is 0 Å². The van der Waals surface area contributed by atoms with E-state index in [0.717, 1.165) is 12.7 Å². The van der Waals surface area contributed by atoms with Crippen molar-refractivity contribution in [3.05, 3.63) is 0 Å². The van der Waals surface area contributed by atoms with Gasteiger partial charge in [0.15, 0.2) is 6.29 Å². The highest BCUT2D eigenvalue weighted by molar-refractivity contribution is 5.70. The summed E-state index contributed by atoms with van der Waals surface area (Å²) in [4.78, 5) is 24.3. The van der Waals surface area contributed by atoms with Crippen LogP contribution in [0.25, 0.3) is 0 Å². The molecule has 0 saturated carbocycles. The summed E-state index contributed by atoms with van der Waals surface area (Å²) in [6, 6.07) is -0.0129. The first kappa shape index (κ1) is 14.0. The molecule has 0 aromatic carbocycles. The van der Waals surface area contributed by atoms with Gasteiger partial charge in [0.05, 0.1) is 19.2 Å². The smallest absolute Gasteiger partial charge is 0.410 e. The minimum atomic E-state index is -0.537. The third kappa shape index (κ3) is 4.00. The standard InChI is InChI=1S/C12H21NO4/c1-5-9-8-16-10(7-14)6-13(9)11(15)17-12(2,3)4/h7,9-10H,5-6,8H2,1-4H3/t9-,10+/m1/s1. The van der Waals surface area contributed by atoms with Crippen LogP contribution in [0.3, 0.4) is 0 Å². The molecule has 0 aromatic rings. The monoisotopic (exact) mass is 243 g/mol. The van der Waals surface area contributed by atoms with E-state index in [1.807, 2.05) is 27.7 Å². The quantitative estimate of drug-likeness (QED) is 0.691. The summed E-state index contributed by atoms with van der Waals surface area (Å²) in [6.07, 6.45) is 0.596. The summed E-state index contributed by atoms with van der Waals surface area (Å²) in [5.41, 5.74) is -0.523. The summed E-state index contributed by atoms with van der Waals surface area (Å²) in [6.45, 7) is 8.11. The molecule has 1 aliphatic rings. The van der Waals surface area contributed by atoms with Crippen molar-refractivity contribution in [2.24, 2.45) is 0 Å². The van der Waals surface area contributed by atoms with E-state index in [-0.39, 0.29) is 18.7 Å². The predicted octanol–water partition coefficient (Wildman–Crippen LogP) is 1.60. The molecule has 2 atom stereocenters. The van der Waals surface area contributed by atoms with Crippen LogP contribution in [0.1, 0.15) is 34.1 Å². The Hall–Kier alpha value is -1.10. The fraction of sp³-hybridized carbons (Fsp3) is 0.833. The highest BCUT2D eigenvalue weighted by Crippen LogP contribution is 2.18. The molecule has 5 nitrogen and oxygen atoms in total. The van der Waals surface area contributed by atoms with E-state index in [4.69, 9.17) is 9.47 Å². The lowest BCUT2D eigenvalue weighted by atomic mass is 10.1. The maximum absolute atomic E-state index is 12.0. The largest absolute Gasteiger partial charge is 0.444 e. The number of aldehydes is 1. The lowest BCUT2D eigenvalue weighted by Crippen LogP contribution is -2.53. The second-order valence-corrected chi connectivity index (χ2v) is 5.20. The molecule has 1 fully saturated rings. The Bertz CT molecular complexity index is 285. The van der Waals surface area contributed by atoms with Crippen LogP contribution in [0.5, 0.6) is 0 Å². The van der Waals surface area contributed by atoms with Gasteiger partial charge in [0, 0.05) is 0 Å².